The molecule has 3 aromatic rings. The van der Waals surface area contributed by atoms with Crippen molar-refractivity contribution < 1.29 is 0 Å². The summed E-state index contributed by atoms with van der Waals surface area (Å²) < 4.78 is 0. The molecular weight excluding hydrogens is 498 g/mol. The highest BCUT2D eigenvalue weighted by Gasteiger charge is 2.71. The standard InChI is InChI=1S/C35H36ClN3/c36-31-38-29(23-4-6-25(7-5-23)33-15-22-10-27-12-28(17-33)35(27,16-22)20-33)37-30(39-31)24-2-1-3-26(11-24)34-14-21-8-9-32(13-21,18-34)19-34/h1-7,11,21-22,27-28H,8-10,12-20H2/t21-,22+,27?,28+,32?,33?,34?,35+/m1/s1. The van der Waals surface area contributed by atoms with Crippen LogP contribution in [0.4, 0.5) is 0 Å². The van der Waals surface area contributed by atoms with E-state index in [1.54, 1.807) is 5.56 Å². The van der Waals surface area contributed by atoms with Crippen molar-refractivity contribution in [1.29, 1.82) is 0 Å². The maximum atomic E-state index is 6.52. The summed E-state index contributed by atoms with van der Waals surface area (Å²) in [5.41, 5.74) is 7.30. The van der Waals surface area contributed by atoms with Gasteiger partial charge in [0, 0.05) is 11.1 Å². The van der Waals surface area contributed by atoms with Gasteiger partial charge in [-0.2, -0.15) is 9.97 Å². The lowest BCUT2D eigenvalue weighted by atomic mass is 9.44. The highest BCUT2D eigenvalue weighted by Crippen LogP contribution is 2.79. The van der Waals surface area contributed by atoms with E-state index >= 15 is 0 Å². The number of hydrogen-bond acceptors (Lipinski definition) is 3. The SMILES string of the molecule is Clc1nc(-c2ccc(C34C[C@@H]5CC6C[C@@H](C3)[C@@]6(C5)C4)cc2)nc(-c2cccc(C34C[C@@H]5CCC(C5)(C3)C4)c2)n1. The minimum Gasteiger partial charge on any atom is -0.208 e. The fourth-order valence-electron chi connectivity index (χ4n) is 12.5. The Bertz CT molecular complexity index is 1530. The molecule has 0 N–H and O–H groups in total. The van der Waals surface area contributed by atoms with Crippen molar-refractivity contribution in [3.8, 4) is 22.8 Å². The Labute approximate surface area is 236 Å². The minimum atomic E-state index is 0.279. The summed E-state index contributed by atoms with van der Waals surface area (Å²) in [6.07, 6.45) is 17.3. The van der Waals surface area contributed by atoms with E-state index in [1.165, 1.54) is 82.6 Å². The number of aromatic nitrogens is 3. The average Bonchev–Trinajstić information content (AvgIpc) is 3.39. The highest BCUT2D eigenvalue weighted by molar-refractivity contribution is 6.28. The number of hydrogen-bond donors (Lipinski definition) is 0. The van der Waals surface area contributed by atoms with Gasteiger partial charge in [-0.25, -0.2) is 4.98 Å². The summed E-state index contributed by atoms with van der Waals surface area (Å²) in [4.78, 5) is 14.1. The fraction of sp³-hybridized carbons (Fsp3) is 0.571. The zero-order valence-electron chi connectivity index (χ0n) is 22.6. The average molecular weight is 534 g/mol. The second kappa shape index (κ2) is 7.14. The summed E-state index contributed by atoms with van der Waals surface area (Å²) in [5.74, 6) is 5.30. The van der Waals surface area contributed by atoms with Crippen molar-refractivity contribution in [2.45, 2.75) is 87.9 Å². The molecule has 198 valence electrons. The van der Waals surface area contributed by atoms with Crippen LogP contribution >= 0.6 is 11.6 Å². The molecule has 39 heavy (non-hydrogen) atoms. The topological polar surface area (TPSA) is 38.7 Å². The molecule has 1 heterocycles. The summed E-state index contributed by atoms with van der Waals surface area (Å²) in [6, 6.07) is 18.3. The van der Waals surface area contributed by atoms with Crippen LogP contribution in [0.15, 0.2) is 48.5 Å². The molecule has 8 aliphatic carbocycles. The summed E-state index contributed by atoms with van der Waals surface area (Å²) >= 11 is 6.52. The molecule has 6 bridgehead atoms. The second-order valence-corrected chi connectivity index (χ2v) is 15.7. The molecule has 0 amide bonds. The molecule has 0 saturated heterocycles. The van der Waals surface area contributed by atoms with Crippen molar-refractivity contribution in [2.24, 2.45) is 34.5 Å². The molecule has 3 nitrogen and oxygen atoms in total. The van der Waals surface area contributed by atoms with E-state index in [0.717, 1.165) is 34.8 Å². The van der Waals surface area contributed by atoms with Crippen LogP contribution in [0.1, 0.15) is 88.2 Å². The van der Waals surface area contributed by atoms with Gasteiger partial charge in [0.15, 0.2) is 11.6 Å². The van der Waals surface area contributed by atoms with Crippen LogP contribution < -0.4 is 0 Å². The Morgan fingerprint density at radius 2 is 1.49 bits per heavy atom. The van der Waals surface area contributed by atoms with Gasteiger partial charge in [0.25, 0.3) is 0 Å². The van der Waals surface area contributed by atoms with E-state index in [0.29, 0.717) is 33.3 Å². The normalized spacial score (nSPS) is 43.7. The zero-order valence-corrected chi connectivity index (χ0v) is 23.4. The van der Waals surface area contributed by atoms with Crippen molar-refractivity contribution in [1.82, 2.24) is 15.0 Å². The quantitative estimate of drug-likeness (QED) is 0.337. The van der Waals surface area contributed by atoms with Crippen molar-refractivity contribution >= 4 is 11.6 Å². The summed E-state index contributed by atoms with van der Waals surface area (Å²) in [6.45, 7) is 0. The first-order valence-electron chi connectivity index (χ1n) is 15.6. The molecule has 1 aromatic heterocycles. The largest absolute Gasteiger partial charge is 0.226 e. The molecule has 8 saturated carbocycles. The predicted octanol–water partition coefficient (Wildman–Crippen LogP) is 8.55. The summed E-state index contributed by atoms with van der Waals surface area (Å²) in [5, 5.41) is 0.279. The van der Waals surface area contributed by atoms with Gasteiger partial charge in [-0.1, -0.05) is 42.5 Å². The van der Waals surface area contributed by atoms with Crippen molar-refractivity contribution in [3.63, 3.8) is 0 Å². The lowest BCUT2D eigenvalue weighted by Gasteiger charge is -2.60. The first-order valence-corrected chi connectivity index (χ1v) is 16.0. The van der Waals surface area contributed by atoms with Gasteiger partial charge < -0.3 is 0 Å². The van der Waals surface area contributed by atoms with Crippen molar-refractivity contribution in [3.05, 3.63) is 64.9 Å². The molecule has 0 radical (unpaired) electrons. The molecule has 8 aliphatic rings. The van der Waals surface area contributed by atoms with E-state index in [4.69, 9.17) is 16.6 Å². The molecule has 8 fully saturated rings. The molecule has 2 spiro atoms. The van der Waals surface area contributed by atoms with Gasteiger partial charge in [-0.15, -0.1) is 0 Å². The van der Waals surface area contributed by atoms with Crippen LogP contribution in [0.25, 0.3) is 22.8 Å². The monoisotopic (exact) mass is 533 g/mol. The van der Waals surface area contributed by atoms with Crippen LogP contribution in [0, 0.1) is 34.5 Å². The zero-order chi connectivity index (χ0) is 25.6. The predicted molar refractivity (Wildman–Crippen MR) is 153 cm³/mol. The number of rotatable bonds is 4. The first kappa shape index (κ1) is 22.4. The Balaban J connectivity index is 0.966. The maximum absolute atomic E-state index is 6.52. The molecule has 6 atom stereocenters. The minimum absolute atomic E-state index is 0.279. The van der Waals surface area contributed by atoms with Crippen molar-refractivity contribution in [2.75, 3.05) is 0 Å². The third kappa shape index (κ3) is 2.89. The molecule has 11 rings (SSSR count). The molecule has 2 aromatic carbocycles. The Kier molecular flexibility index (Phi) is 4.11. The number of benzene rings is 2. The van der Waals surface area contributed by atoms with Gasteiger partial charge in [0.2, 0.25) is 5.28 Å². The van der Waals surface area contributed by atoms with E-state index < -0.39 is 0 Å². The number of halogens is 1. The Morgan fingerprint density at radius 3 is 2.33 bits per heavy atom. The van der Waals surface area contributed by atoms with Gasteiger partial charge >= 0.3 is 0 Å². The van der Waals surface area contributed by atoms with Crippen LogP contribution in [-0.4, -0.2) is 15.0 Å². The van der Waals surface area contributed by atoms with Gasteiger partial charge in [0.05, 0.1) is 0 Å². The molecule has 2 unspecified atom stereocenters. The molecule has 4 heteroatoms. The third-order valence-electron chi connectivity index (χ3n) is 13.5. The Morgan fingerprint density at radius 1 is 0.667 bits per heavy atom. The second-order valence-electron chi connectivity index (χ2n) is 15.4. The van der Waals surface area contributed by atoms with Gasteiger partial charge in [-0.05, 0) is 151 Å². The van der Waals surface area contributed by atoms with Crippen LogP contribution in [0.3, 0.4) is 0 Å². The fourth-order valence-corrected chi connectivity index (χ4v) is 12.7. The van der Waals surface area contributed by atoms with E-state index in [-0.39, 0.29) is 5.28 Å². The third-order valence-corrected chi connectivity index (χ3v) is 13.6. The van der Waals surface area contributed by atoms with Gasteiger partial charge in [-0.3, -0.25) is 0 Å². The van der Waals surface area contributed by atoms with Crippen LogP contribution in [0.5, 0.6) is 0 Å². The van der Waals surface area contributed by atoms with Gasteiger partial charge in [0.1, 0.15) is 0 Å². The van der Waals surface area contributed by atoms with E-state index in [2.05, 4.69) is 58.5 Å². The van der Waals surface area contributed by atoms with Crippen LogP contribution in [0.2, 0.25) is 5.28 Å². The smallest absolute Gasteiger partial charge is 0.208 e. The van der Waals surface area contributed by atoms with Crippen LogP contribution in [-0.2, 0) is 10.8 Å². The number of fused-ring (bicyclic) bond motifs is 2. The Hall–Kier alpha value is -2.26. The van der Waals surface area contributed by atoms with E-state index in [9.17, 15) is 0 Å². The number of nitrogens with zero attached hydrogens (tertiary/aromatic N) is 3. The highest BCUT2D eigenvalue weighted by atomic mass is 35.5. The maximum Gasteiger partial charge on any atom is 0.226 e. The molecule has 0 aliphatic heterocycles. The lowest BCUT2D eigenvalue weighted by Crippen LogP contribution is -2.52. The summed E-state index contributed by atoms with van der Waals surface area (Å²) in [7, 11) is 0. The van der Waals surface area contributed by atoms with E-state index in [1.807, 2.05) is 0 Å². The first-order chi connectivity index (χ1) is 18.9. The lowest BCUT2D eigenvalue weighted by molar-refractivity contribution is -0.0243. The molecular formula is C35H36ClN3.